The minimum atomic E-state index is -0.187. The molecule has 156 valence electrons. The van der Waals surface area contributed by atoms with Crippen LogP contribution in [0.25, 0.3) is 0 Å². The first-order valence-corrected chi connectivity index (χ1v) is 11.2. The second-order valence-corrected chi connectivity index (χ2v) is 8.61. The molecule has 2 heterocycles. The molecule has 30 heavy (non-hydrogen) atoms. The number of likely N-dealkylation sites (tertiary alicyclic amines) is 1. The summed E-state index contributed by atoms with van der Waals surface area (Å²) in [7, 11) is 0. The number of hydrogen-bond acceptors (Lipinski definition) is 4. The van der Waals surface area contributed by atoms with Gasteiger partial charge >= 0.3 is 0 Å². The highest BCUT2D eigenvalue weighted by atomic mass is 19.1. The van der Waals surface area contributed by atoms with Crippen LogP contribution in [0.4, 0.5) is 4.39 Å². The van der Waals surface area contributed by atoms with E-state index in [0.29, 0.717) is 5.92 Å². The van der Waals surface area contributed by atoms with Crippen molar-refractivity contribution in [1.29, 1.82) is 0 Å². The number of hydrogen-bond donors (Lipinski definition) is 1. The molecule has 5 heteroatoms. The lowest BCUT2D eigenvalue weighted by molar-refractivity contribution is 0.334. The van der Waals surface area contributed by atoms with E-state index >= 15 is 0 Å². The van der Waals surface area contributed by atoms with Gasteiger partial charge in [-0.1, -0.05) is 36.4 Å². The summed E-state index contributed by atoms with van der Waals surface area (Å²) in [5.74, 6) is 1.16. The van der Waals surface area contributed by atoms with Crippen molar-refractivity contribution in [1.82, 2.24) is 10.2 Å². The predicted octanol–water partition coefficient (Wildman–Crippen LogP) is 4.21. The van der Waals surface area contributed by atoms with Gasteiger partial charge in [-0.25, -0.2) is 9.38 Å². The van der Waals surface area contributed by atoms with E-state index in [1.54, 1.807) is 12.1 Å². The van der Waals surface area contributed by atoms with Crippen LogP contribution in [0, 0.1) is 11.7 Å². The Morgan fingerprint density at radius 3 is 2.67 bits per heavy atom. The Hall–Kier alpha value is -2.53. The minimum Gasteiger partial charge on any atom is -0.354 e. The second-order valence-electron chi connectivity index (χ2n) is 8.61. The number of halogens is 1. The molecule has 0 aromatic heterocycles. The lowest BCUT2D eigenvalue weighted by Gasteiger charge is -2.34. The summed E-state index contributed by atoms with van der Waals surface area (Å²) in [6.45, 7) is 5.32. The van der Waals surface area contributed by atoms with Gasteiger partial charge < -0.3 is 10.2 Å². The first-order chi connectivity index (χ1) is 14.8. The van der Waals surface area contributed by atoms with Gasteiger partial charge in [-0.05, 0) is 68.6 Å². The van der Waals surface area contributed by atoms with Crippen LogP contribution in [0.3, 0.4) is 0 Å². The van der Waals surface area contributed by atoms with Crippen LogP contribution in [-0.2, 0) is 0 Å². The maximum atomic E-state index is 13.4. The van der Waals surface area contributed by atoms with Crippen LogP contribution in [0.5, 0.6) is 0 Å². The Labute approximate surface area is 177 Å². The predicted molar refractivity (Wildman–Crippen MR) is 120 cm³/mol. The molecule has 1 N–H and O–H groups in total. The molecule has 4 nitrogen and oxygen atoms in total. The molecule has 0 saturated carbocycles. The average Bonchev–Trinajstić information content (AvgIpc) is 3.30. The standard InChI is InChI=1S/C25H29FN4/c26-20-10-8-18(9-11-20)23-16-19-17-28-25(27-12-5-15-30-13-3-4-14-30)29-24(19)22-7-2-1-6-21(22)23/h1-2,6-11,19,23H,3-5,12-17H2,(H,27,28). The third-order valence-electron chi connectivity index (χ3n) is 6.61. The van der Waals surface area contributed by atoms with E-state index in [9.17, 15) is 4.39 Å². The molecule has 3 aliphatic rings. The van der Waals surface area contributed by atoms with Gasteiger partial charge in [0.25, 0.3) is 0 Å². The third kappa shape index (κ3) is 4.04. The van der Waals surface area contributed by atoms with Gasteiger partial charge in [0.2, 0.25) is 5.96 Å². The summed E-state index contributed by atoms with van der Waals surface area (Å²) < 4.78 is 13.4. The van der Waals surface area contributed by atoms with Gasteiger partial charge in [0.05, 0.1) is 12.3 Å². The van der Waals surface area contributed by atoms with Crippen molar-refractivity contribution in [3.63, 3.8) is 0 Å². The number of fused-ring (bicyclic) bond motifs is 3. The van der Waals surface area contributed by atoms with Gasteiger partial charge in [-0.15, -0.1) is 0 Å². The van der Waals surface area contributed by atoms with Crippen LogP contribution in [0.2, 0.25) is 0 Å². The topological polar surface area (TPSA) is 40.0 Å². The minimum absolute atomic E-state index is 0.187. The molecule has 2 aromatic rings. The molecule has 0 amide bonds. The summed E-state index contributed by atoms with van der Waals surface area (Å²) in [5, 5.41) is 3.45. The van der Waals surface area contributed by atoms with Crippen molar-refractivity contribution < 1.29 is 4.39 Å². The van der Waals surface area contributed by atoms with E-state index in [4.69, 9.17) is 9.98 Å². The zero-order chi connectivity index (χ0) is 20.3. The summed E-state index contributed by atoms with van der Waals surface area (Å²) >= 11 is 0. The molecule has 5 rings (SSSR count). The maximum absolute atomic E-state index is 13.4. The fourth-order valence-corrected chi connectivity index (χ4v) is 5.05. The Kier molecular flexibility index (Phi) is 5.63. The summed E-state index contributed by atoms with van der Waals surface area (Å²) in [4.78, 5) is 12.2. The molecular formula is C25H29FN4. The van der Waals surface area contributed by atoms with E-state index in [0.717, 1.165) is 49.7 Å². The van der Waals surface area contributed by atoms with Crippen LogP contribution in [0.1, 0.15) is 48.3 Å². The van der Waals surface area contributed by atoms with E-state index in [-0.39, 0.29) is 11.7 Å². The third-order valence-corrected chi connectivity index (χ3v) is 6.61. The fourth-order valence-electron chi connectivity index (χ4n) is 5.05. The van der Waals surface area contributed by atoms with Crippen LogP contribution in [0.15, 0.2) is 58.5 Å². The average molecular weight is 405 g/mol. The molecule has 2 aromatic carbocycles. The normalized spacial score (nSPS) is 23.4. The number of nitrogens with zero attached hydrogens (tertiary/aromatic N) is 3. The van der Waals surface area contributed by atoms with Gasteiger partial charge in [-0.2, -0.15) is 0 Å². The number of benzene rings is 2. The lowest BCUT2D eigenvalue weighted by Crippen LogP contribution is -2.36. The van der Waals surface area contributed by atoms with E-state index in [1.165, 1.54) is 37.1 Å². The molecule has 0 radical (unpaired) electrons. The molecule has 2 atom stereocenters. The van der Waals surface area contributed by atoms with Crippen LogP contribution < -0.4 is 5.32 Å². The smallest absolute Gasteiger partial charge is 0.218 e. The van der Waals surface area contributed by atoms with Crippen molar-refractivity contribution in [2.75, 3.05) is 32.7 Å². The van der Waals surface area contributed by atoms with Crippen molar-refractivity contribution >= 4 is 11.7 Å². The Bertz CT molecular complexity index is 944. The highest BCUT2D eigenvalue weighted by Gasteiger charge is 2.34. The van der Waals surface area contributed by atoms with E-state index in [1.807, 2.05) is 12.1 Å². The maximum Gasteiger partial charge on any atom is 0.218 e. The SMILES string of the molecule is Fc1ccc(C2CC3CN=C(NCCCN4CCCC4)N=C3c3ccccc32)cc1. The Morgan fingerprint density at radius 2 is 1.83 bits per heavy atom. The van der Waals surface area contributed by atoms with E-state index < -0.39 is 0 Å². The van der Waals surface area contributed by atoms with Gasteiger partial charge in [0, 0.05) is 23.9 Å². The molecule has 1 saturated heterocycles. The molecule has 2 aliphatic heterocycles. The molecular weight excluding hydrogens is 375 g/mol. The molecule has 1 fully saturated rings. The summed E-state index contributed by atoms with van der Waals surface area (Å²) in [6, 6.07) is 15.5. The van der Waals surface area contributed by atoms with Crippen LogP contribution >= 0.6 is 0 Å². The van der Waals surface area contributed by atoms with Gasteiger partial charge in [-0.3, -0.25) is 4.99 Å². The monoisotopic (exact) mass is 404 g/mol. The van der Waals surface area contributed by atoms with Crippen molar-refractivity contribution in [3.05, 3.63) is 71.0 Å². The Balaban J connectivity index is 1.31. The van der Waals surface area contributed by atoms with Crippen LogP contribution in [-0.4, -0.2) is 49.3 Å². The number of rotatable bonds is 5. The largest absolute Gasteiger partial charge is 0.354 e. The van der Waals surface area contributed by atoms with Gasteiger partial charge in [0.15, 0.2) is 0 Å². The lowest BCUT2D eigenvalue weighted by atomic mass is 9.72. The molecule has 2 unspecified atom stereocenters. The second kappa shape index (κ2) is 8.68. The fraction of sp³-hybridized carbons (Fsp3) is 0.440. The highest BCUT2D eigenvalue weighted by Crippen LogP contribution is 2.40. The summed E-state index contributed by atoms with van der Waals surface area (Å²) in [6.07, 6.45) is 4.77. The van der Waals surface area contributed by atoms with Crippen molar-refractivity contribution in [3.8, 4) is 0 Å². The van der Waals surface area contributed by atoms with Crippen molar-refractivity contribution in [2.45, 2.75) is 31.6 Å². The quantitative estimate of drug-likeness (QED) is 0.759. The van der Waals surface area contributed by atoms with E-state index in [2.05, 4.69) is 34.5 Å². The summed E-state index contributed by atoms with van der Waals surface area (Å²) in [5.41, 5.74) is 4.82. The number of nitrogens with one attached hydrogen (secondary N) is 1. The zero-order valence-electron chi connectivity index (χ0n) is 17.4. The number of guanidine groups is 1. The molecule has 0 bridgehead atoms. The molecule has 0 spiro atoms. The Morgan fingerprint density at radius 1 is 1.03 bits per heavy atom. The van der Waals surface area contributed by atoms with Crippen molar-refractivity contribution in [2.24, 2.45) is 15.9 Å². The van der Waals surface area contributed by atoms with Gasteiger partial charge in [0.1, 0.15) is 5.82 Å². The molecule has 1 aliphatic carbocycles. The first-order valence-electron chi connectivity index (χ1n) is 11.2. The number of aliphatic imine (C=N–C) groups is 2. The first kappa shape index (κ1) is 19.4. The highest BCUT2D eigenvalue weighted by molar-refractivity contribution is 6.11. The zero-order valence-corrected chi connectivity index (χ0v) is 17.4.